The summed E-state index contributed by atoms with van der Waals surface area (Å²) in [6, 6.07) is 9.47. The summed E-state index contributed by atoms with van der Waals surface area (Å²) in [5.41, 5.74) is 0.288. The molecule has 1 aliphatic heterocycles. The molecule has 110 valence electrons. The molecule has 1 saturated heterocycles. The molecular formula is C15H9NO4S2. The first kappa shape index (κ1) is 14.6. The minimum atomic E-state index is -1.11. The van der Waals surface area contributed by atoms with Gasteiger partial charge in [0, 0.05) is 4.88 Å². The van der Waals surface area contributed by atoms with E-state index in [2.05, 4.69) is 0 Å². The molecule has 0 radical (unpaired) electrons. The number of benzene rings is 1. The lowest BCUT2D eigenvalue weighted by atomic mass is 10.2. The van der Waals surface area contributed by atoms with Crippen molar-refractivity contribution >= 4 is 52.0 Å². The molecule has 1 N–H and O–H groups in total. The Balaban J connectivity index is 1.95. The third-order valence-electron chi connectivity index (χ3n) is 2.96. The summed E-state index contributed by atoms with van der Waals surface area (Å²) in [5, 5.41) is 10.4. The molecule has 5 nitrogen and oxygen atoms in total. The van der Waals surface area contributed by atoms with E-state index in [-0.39, 0.29) is 11.3 Å². The lowest BCUT2D eigenvalue weighted by Crippen LogP contribution is -2.27. The van der Waals surface area contributed by atoms with Crippen LogP contribution in [0.4, 0.5) is 10.5 Å². The highest BCUT2D eigenvalue weighted by Gasteiger charge is 2.36. The molecule has 0 unspecified atom stereocenters. The number of carboxylic acid groups (broad SMARTS) is 1. The zero-order valence-electron chi connectivity index (χ0n) is 11.1. The number of anilines is 1. The van der Waals surface area contributed by atoms with E-state index in [1.54, 1.807) is 6.08 Å². The number of amides is 2. The summed E-state index contributed by atoms with van der Waals surface area (Å²) in [4.78, 5) is 37.7. The van der Waals surface area contributed by atoms with Crippen LogP contribution in [0.5, 0.6) is 0 Å². The topological polar surface area (TPSA) is 74.7 Å². The fourth-order valence-electron chi connectivity index (χ4n) is 1.97. The monoisotopic (exact) mass is 331 g/mol. The second-order valence-corrected chi connectivity index (χ2v) is 6.36. The van der Waals surface area contributed by atoms with Crippen LogP contribution in [0, 0.1) is 0 Å². The minimum absolute atomic E-state index is 0.0267. The summed E-state index contributed by atoms with van der Waals surface area (Å²) < 4.78 is 0. The number of rotatable bonds is 3. The average Bonchev–Trinajstić information content (AvgIpc) is 3.08. The Bertz CT molecular complexity index is 796. The Morgan fingerprint density at radius 2 is 2.00 bits per heavy atom. The predicted octanol–water partition coefficient (Wildman–Crippen LogP) is 3.69. The number of aromatic carboxylic acids is 1. The molecule has 0 bridgehead atoms. The number of nitrogens with zero attached hydrogens (tertiary/aromatic N) is 1. The van der Waals surface area contributed by atoms with Crippen molar-refractivity contribution < 1.29 is 19.5 Å². The number of hydrogen-bond acceptors (Lipinski definition) is 5. The van der Waals surface area contributed by atoms with Crippen molar-refractivity contribution in [3.8, 4) is 0 Å². The van der Waals surface area contributed by atoms with Crippen molar-refractivity contribution in [3.05, 3.63) is 57.1 Å². The molecule has 1 aliphatic rings. The van der Waals surface area contributed by atoms with E-state index < -0.39 is 17.1 Å². The van der Waals surface area contributed by atoms with Gasteiger partial charge in [0.25, 0.3) is 11.1 Å². The molecule has 1 aromatic heterocycles. The Morgan fingerprint density at radius 1 is 1.18 bits per heavy atom. The second kappa shape index (κ2) is 5.78. The highest BCUT2D eigenvalue weighted by molar-refractivity contribution is 8.19. The summed E-state index contributed by atoms with van der Waals surface area (Å²) in [6.07, 6.45) is 1.66. The van der Waals surface area contributed by atoms with Crippen LogP contribution in [-0.4, -0.2) is 22.2 Å². The zero-order chi connectivity index (χ0) is 15.7. The Labute approximate surface area is 133 Å². The van der Waals surface area contributed by atoms with Gasteiger partial charge in [0.2, 0.25) is 0 Å². The van der Waals surface area contributed by atoms with Gasteiger partial charge in [-0.1, -0.05) is 12.1 Å². The van der Waals surface area contributed by atoms with Crippen molar-refractivity contribution in [1.29, 1.82) is 0 Å². The molecule has 0 spiro atoms. The summed E-state index contributed by atoms with van der Waals surface area (Å²) >= 11 is 2.31. The SMILES string of the molecule is O=C(O)c1cccc(N2C(=O)SC(=Cc3cccs3)C2=O)c1. The standard InChI is InChI=1S/C15H9NO4S2/c17-13-12(8-11-5-2-6-21-11)22-15(20)16(13)10-4-1-3-9(7-10)14(18)19/h1-8H,(H,18,19). The van der Waals surface area contributed by atoms with E-state index in [9.17, 15) is 14.4 Å². The van der Waals surface area contributed by atoms with Crippen molar-refractivity contribution in [2.45, 2.75) is 0 Å². The van der Waals surface area contributed by atoms with Crippen molar-refractivity contribution in [3.63, 3.8) is 0 Å². The molecule has 0 saturated carbocycles. The number of carboxylic acids is 1. The Hall–Kier alpha value is -2.38. The van der Waals surface area contributed by atoms with E-state index in [1.807, 2.05) is 17.5 Å². The average molecular weight is 331 g/mol. The van der Waals surface area contributed by atoms with Crippen molar-refractivity contribution in [1.82, 2.24) is 0 Å². The molecule has 3 rings (SSSR count). The maximum absolute atomic E-state index is 12.4. The van der Waals surface area contributed by atoms with Crippen LogP contribution in [0.2, 0.25) is 0 Å². The molecule has 2 aromatic rings. The van der Waals surface area contributed by atoms with E-state index in [4.69, 9.17) is 5.11 Å². The lowest BCUT2D eigenvalue weighted by molar-refractivity contribution is -0.113. The first-order valence-corrected chi connectivity index (χ1v) is 7.91. The van der Waals surface area contributed by atoms with Gasteiger partial charge in [-0.2, -0.15) is 0 Å². The molecule has 2 heterocycles. The minimum Gasteiger partial charge on any atom is -0.478 e. The smallest absolute Gasteiger partial charge is 0.335 e. The predicted molar refractivity (Wildman–Crippen MR) is 86.2 cm³/mol. The van der Waals surface area contributed by atoms with Gasteiger partial charge in [-0.25, -0.2) is 9.69 Å². The highest BCUT2D eigenvalue weighted by atomic mass is 32.2. The number of carbonyl (C=O) groups is 3. The first-order chi connectivity index (χ1) is 10.6. The molecule has 7 heteroatoms. The lowest BCUT2D eigenvalue weighted by Gasteiger charge is -2.12. The van der Waals surface area contributed by atoms with Crippen LogP contribution in [0.15, 0.2) is 46.7 Å². The number of imide groups is 1. The summed E-state index contributed by atoms with van der Waals surface area (Å²) in [5.74, 6) is -1.55. The number of thioether (sulfide) groups is 1. The van der Waals surface area contributed by atoms with Crippen LogP contribution in [0.1, 0.15) is 15.2 Å². The summed E-state index contributed by atoms with van der Waals surface area (Å²) in [6.45, 7) is 0. The van der Waals surface area contributed by atoms with Gasteiger partial charge in [0.1, 0.15) is 0 Å². The van der Waals surface area contributed by atoms with Gasteiger partial charge in [-0.05, 0) is 47.5 Å². The van der Waals surface area contributed by atoms with Gasteiger partial charge in [-0.3, -0.25) is 9.59 Å². The third kappa shape index (κ3) is 2.68. The van der Waals surface area contributed by atoms with Crippen LogP contribution in [0.25, 0.3) is 6.08 Å². The highest BCUT2D eigenvalue weighted by Crippen LogP contribution is 2.36. The van der Waals surface area contributed by atoms with Crippen molar-refractivity contribution in [2.75, 3.05) is 4.90 Å². The summed E-state index contributed by atoms with van der Waals surface area (Å²) in [7, 11) is 0. The number of hydrogen-bond donors (Lipinski definition) is 1. The fourth-order valence-corrected chi connectivity index (χ4v) is 3.54. The maximum atomic E-state index is 12.4. The fraction of sp³-hybridized carbons (Fsp3) is 0. The Kier molecular flexibility index (Phi) is 3.82. The normalized spacial score (nSPS) is 16.5. The van der Waals surface area contributed by atoms with E-state index in [0.717, 1.165) is 21.5 Å². The third-order valence-corrected chi connectivity index (χ3v) is 4.65. The van der Waals surface area contributed by atoms with Crippen LogP contribution in [0.3, 0.4) is 0 Å². The van der Waals surface area contributed by atoms with E-state index in [0.29, 0.717) is 4.91 Å². The van der Waals surface area contributed by atoms with Gasteiger partial charge in [-0.15, -0.1) is 11.3 Å². The van der Waals surface area contributed by atoms with Gasteiger partial charge in [0.05, 0.1) is 16.2 Å². The number of carbonyl (C=O) groups excluding carboxylic acids is 2. The van der Waals surface area contributed by atoms with Crippen molar-refractivity contribution in [2.24, 2.45) is 0 Å². The quantitative estimate of drug-likeness (QED) is 0.868. The maximum Gasteiger partial charge on any atom is 0.335 e. The zero-order valence-corrected chi connectivity index (χ0v) is 12.7. The van der Waals surface area contributed by atoms with Crippen LogP contribution in [-0.2, 0) is 4.79 Å². The van der Waals surface area contributed by atoms with Crippen LogP contribution >= 0.6 is 23.1 Å². The molecule has 0 aliphatic carbocycles. The molecule has 1 aromatic carbocycles. The molecule has 1 fully saturated rings. The molecule has 22 heavy (non-hydrogen) atoms. The van der Waals surface area contributed by atoms with Gasteiger partial charge in [0.15, 0.2) is 0 Å². The van der Waals surface area contributed by atoms with Gasteiger partial charge < -0.3 is 5.11 Å². The number of thiophene rings is 1. The first-order valence-electron chi connectivity index (χ1n) is 6.21. The van der Waals surface area contributed by atoms with Crippen LogP contribution < -0.4 is 4.90 Å². The largest absolute Gasteiger partial charge is 0.478 e. The van der Waals surface area contributed by atoms with E-state index in [1.165, 1.54) is 35.6 Å². The van der Waals surface area contributed by atoms with E-state index >= 15 is 0 Å². The van der Waals surface area contributed by atoms with Gasteiger partial charge >= 0.3 is 5.97 Å². The molecule has 2 amide bonds. The molecular weight excluding hydrogens is 322 g/mol. The second-order valence-electron chi connectivity index (χ2n) is 4.39. The Morgan fingerprint density at radius 3 is 2.68 bits per heavy atom. The molecule has 0 atom stereocenters.